The van der Waals surface area contributed by atoms with Crippen LogP contribution in [0.5, 0.6) is 0 Å². The maximum atomic E-state index is 13.9. The lowest BCUT2D eigenvalue weighted by Gasteiger charge is -2.46. The Morgan fingerprint density at radius 1 is 1.24 bits per heavy atom. The zero-order valence-corrected chi connectivity index (χ0v) is 19.2. The molecule has 1 aromatic carbocycles. The number of carbonyl (C=O) groups is 1. The second-order valence-electron chi connectivity index (χ2n) is 9.69. The van der Waals surface area contributed by atoms with Crippen molar-refractivity contribution in [1.82, 2.24) is 4.98 Å². The van der Waals surface area contributed by atoms with E-state index in [2.05, 4.69) is 39.5 Å². The zero-order valence-electron chi connectivity index (χ0n) is 19.2. The Kier molecular flexibility index (Phi) is 5.46. The molecule has 33 heavy (non-hydrogen) atoms. The molecular formula is C26H32N4O3. The summed E-state index contributed by atoms with van der Waals surface area (Å²) in [4.78, 5) is 22.9. The van der Waals surface area contributed by atoms with E-state index in [1.807, 2.05) is 17.9 Å². The van der Waals surface area contributed by atoms with Gasteiger partial charge in [0.25, 0.3) is 0 Å². The number of ether oxygens (including phenoxy) is 2. The molecule has 5 heterocycles. The first kappa shape index (κ1) is 20.9. The number of amides is 1. The number of benzene rings is 1. The average molecular weight is 449 g/mol. The fourth-order valence-corrected chi connectivity index (χ4v) is 5.92. The van der Waals surface area contributed by atoms with E-state index in [1.165, 1.54) is 12.1 Å². The summed E-state index contributed by atoms with van der Waals surface area (Å²) >= 11 is 0. The smallest absolute Gasteiger partial charge is 0.230 e. The lowest BCUT2D eigenvalue weighted by Crippen LogP contribution is -2.54. The number of fused-ring (bicyclic) bond motifs is 5. The minimum atomic E-state index is -0.00400. The number of hydrogen-bond donors (Lipinski definition) is 1. The van der Waals surface area contributed by atoms with Gasteiger partial charge in [0.15, 0.2) is 0 Å². The molecule has 1 aliphatic carbocycles. The Bertz CT molecular complexity index is 1040. The van der Waals surface area contributed by atoms with E-state index in [0.717, 1.165) is 61.6 Å². The van der Waals surface area contributed by atoms with Gasteiger partial charge in [0.2, 0.25) is 5.91 Å². The number of pyridine rings is 1. The quantitative estimate of drug-likeness (QED) is 0.755. The van der Waals surface area contributed by atoms with Crippen molar-refractivity contribution >= 4 is 28.8 Å². The van der Waals surface area contributed by atoms with Gasteiger partial charge in [0.05, 0.1) is 42.8 Å². The van der Waals surface area contributed by atoms with Gasteiger partial charge in [-0.3, -0.25) is 4.79 Å². The molecule has 1 saturated carbocycles. The second-order valence-corrected chi connectivity index (χ2v) is 9.69. The maximum absolute atomic E-state index is 13.9. The molecule has 2 bridgehead atoms. The minimum absolute atomic E-state index is 0.00400. The summed E-state index contributed by atoms with van der Waals surface area (Å²) in [5.41, 5.74) is 4.08. The van der Waals surface area contributed by atoms with Gasteiger partial charge in [-0.25, -0.2) is 4.98 Å². The van der Waals surface area contributed by atoms with E-state index < -0.39 is 0 Å². The predicted molar refractivity (Wildman–Crippen MR) is 128 cm³/mol. The number of aromatic nitrogens is 1. The molecule has 5 aliphatic rings. The van der Waals surface area contributed by atoms with E-state index >= 15 is 0 Å². The molecule has 7 rings (SSSR count). The third-order valence-corrected chi connectivity index (χ3v) is 7.67. The topological polar surface area (TPSA) is 66.9 Å². The van der Waals surface area contributed by atoms with Gasteiger partial charge in [-0.1, -0.05) is 6.07 Å². The van der Waals surface area contributed by atoms with E-state index in [1.54, 1.807) is 6.20 Å². The maximum Gasteiger partial charge on any atom is 0.230 e. The van der Waals surface area contributed by atoms with Gasteiger partial charge in [-0.05, 0) is 63.3 Å². The lowest BCUT2D eigenvalue weighted by atomic mass is 9.96. The average Bonchev–Trinajstić information content (AvgIpc) is 3.26. The lowest BCUT2D eigenvalue weighted by molar-refractivity contribution is -0.122. The largest absolute Gasteiger partial charge is 0.378 e. The number of piperidine rings is 1. The van der Waals surface area contributed by atoms with Crippen molar-refractivity contribution in [3.05, 3.63) is 42.1 Å². The molecule has 3 unspecified atom stereocenters. The highest BCUT2D eigenvalue weighted by Crippen LogP contribution is 2.41. The molecule has 7 heteroatoms. The first-order valence-electron chi connectivity index (χ1n) is 12.4. The number of carbonyl (C=O) groups excluding carboxylic acids is 1. The van der Waals surface area contributed by atoms with Crippen LogP contribution in [0.4, 0.5) is 22.9 Å². The third kappa shape index (κ3) is 3.87. The van der Waals surface area contributed by atoms with Gasteiger partial charge in [-0.2, -0.15) is 0 Å². The number of morpholine rings is 1. The van der Waals surface area contributed by atoms with Gasteiger partial charge in [-0.15, -0.1) is 0 Å². The fraction of sp³-hybridized carbons (Fsp3) is 0.538. The Hall–Kier alpha value is -2.64. The summed E-state index contributed by atoms with van der Waals surface area (Å²) < 4.78 is 11.8. The molecule has 7 nitrogen and oxygen atoms in total. The first-order chi connectivity index (χ1) is 16.2. The molecule has 1 N–H and O–H groups in total. The van der Waals surface area contributed by atoms with Crippen molar-refractivity contribution in [2.45, 2.75) is 63.8 Å². The van der Waals surface area contributed by atoms with Crippen LogP contribution in [0, 0.1) is 5.92 Å². The number of anilines is 4. The summed E-state index contributed by atoms with van der Waals surface area (Å²) in [7, 11) is 0. The number of rotatable bonds is 4. The zero-order chi connectivity index (χ0) is 22.4. The number of nitrogens with zero attached hydrogens (tertiary/aromatic N) is 3. The van der Waals surface area contributed by atoms with Crippen molar-refractivity contribution in [3.63, 3.8) is 0 Å². The van der Waals surface area contributed by atoms with Crippen LogP contribution in [0.15, 0.2) is 36.5 Å². The molecule has 4 aliphatic heterocycles. The van der Waals surface area contributed by atoms with Crippen LogP contribution in [-0.2, 0) is 20.8 Å². The predicted octanol–water partition coefficient (Wildman–Crippen LogP) is 4.24. The van der Waals surface area contributed by atoms with Crippen molar-refractivity contribution in [2.75, 3.05) is 34.9 Å². The van der Waals surface area contributed by atoms with E-state index in [-0.39, 0.29) is 17.9 Å². The fourth-order valence-electron chi connectivity index (χ4n) is 5.92. The molecule has 2 aromatic rings. The Labute approximate surface area is 195 Å². The summed E-state index contributed by atoms with van der Waals surface area (Å²) in [6, 6.07) is 10.9. The molecule has 4 atom stereocenters. The summed E-state index contributed by atoms with van der Waals surface area (Å²) in [5, 5.41) is 3.50. The van der Waals surface area contributed by atoms with E-state index in [4.69, 9.17) is 9.47 Å². The highest BCUT2D eigenvalue weighted by atomic mass is 16.5. The molecule has 1 amide bonds. The SMILES string of the molecule is CCOC1CCC(C(=O)N2Cc3cccnc3Nc3ccc(N4C[C@@H]5CCC4CO5)cc32)C1. The van der Waals surface area contributed by atoms with Crippen LogP contribution < -0.4 is 15.1 Å². The highest BCUT2D eigenvalue weighted by Gasteiger charge is 2.37. The number of nitrogens with one attached hydrogen (secondary N) is 1. The standard InChI is InChI=1S/C26H32N4O3/c1-2-32-21-8-5-17(12-21)26(31)30-14-18-4-3-11-27-25(18)28-23-10-7-19(13-24(23)30)29-15-22-9-6-20(29)16-33-22/h3-4,7,10-11,13,17,20-22H,2,5-6,8-9,12,14-16H2,1H3,(H,27,28)/t17?,20?,21?,22-/m0/s1. The van der Waals surface area contributed by atoms with Crippen LogP contribution in [0.25, 0.3) is 0 Å². The van der Waals surface area contributed by atoms with Crippen LogP contribution in [-0.4, -0.2) is 48.9 Å². The van der Waals surface area contributed by atoms with Gasteiger partial charge in [0.1, 0.15) is 5.82 Å². The van der Waals surface area contributed by atoms with Gasteiger partial charge in [0, 0.05) is 36.5 Å². The normalized spacial score (nSPS) is 28.2. The summed E-state index contributed by atoms with van der Waals surface area (Å²) in [6.07, 6.45) is 7.25. The minimum Gasteiger partial charge on any atom is -0.378 e. The van der Waals surface area contributed by atoms with Crippen molar-refractivity contribution in [2.24, 2.45) is 5.92 Å². The molecule has 3 saturated heterocycles. The van der Waals surface area contributed by atoms with Crippen LogP contribution in [0.3, 0.4) is 0 Å². The van der Waals surface area contributed by atoms with E-state index in [0.29, 0.717) is 25.3 Å². The molecule has 174 valence electrons. The molecule has 0 radical (unpaired) electrons. The third-order valence-electron chi connectivity index (χ3n) is 7.67. The van der Waals surface area contributed by atoms with Crippen LogP contribution in [0.2, 0.25) is 0 Å². The van der Waals surface area contributed by atoms with Crippen molar-refractivity contribution in [1.29, 1.82) is 0 Å². The number of hydrogen-bond acceptors (Lipinski definition) is 6. The Morgan fingerprint density at radius 2 is 2.18 bits per heavy atom. The van der Waals surface area contributed by atoms with Crippen molar-refractivity contribution in [3.8, 4) is 0 Å². The van der Waals surface area contributed by atoms with Crippen LogP contribution in [0.1, 0.15) is 44.6 Å². The van der Waals surface area contributed by atoms with Crippen LogP contribution >= 0.6 is 0 Å². The van der Waals surface area contributed by atoms with Crippen molar-refractivity contribution < 1.29 is 14.3 Å². The summed E-state index contributed by atoms with van der Waals surface area (Å²) in [6.45, 7) is 4.96. The first-order valence-corrected chi connectivity index (χ1v) is 12.4. The Balaban J connectivity index is 1.35. The second kappa shape index (κ2) is 8.61. The van der Waals surface area contributed by atoms with E-state index in [9.17, 15) is 4.79 Å². The van der Waals surface area contributed by atoms with Gasteiger partial charge < -0.3 is 24.6 Å². The van der Waals surface area contributed by atoms with Gasteiger partial charge >= 0.3 is 0 Å². The monoisotopic (exact) mass is 448 g/mol. The summed E-state index contributed by atoms with van der Waals surface area (Å²) in [5.74, 6) is 1.01. The molecule has 1 aromatic heterocycles. The molecule has 0 spiro atoms. The highest BCUT2D eigenvalue weighted by molar-refractivity contribution is 6.00. The molecule has 4 fully saturated rings. The molecular weight excluding hydrogens is 416 g/mol. The Morgan fingerprint density at radius 3 is 2.97 bits per heavy atom.